The summed E-state index contributed by atoms with van der Waals surface area (Å²) < 4.78 is 0. The van der Waals surface area contributed by atoms with Crippen LogP contribution in [0.1, 0.15) is 58.3 Å². The van der Waals surface area contributed by atoms with E-state index in [1.165, 1.54) is 44.9 Å². The van der Waals surface area contributed by atoms with E-state index in [0.29, 0.717) is 0 Å². The number of nitrogens with zero attached hydrogens (tertiary/aromatic N) is 1. The van der Waals surface area contributed by atoms with Gasteiger partial charge in [0.05, 0.1) is 0 Å². The minimum atomic E-state index is -0.0190. The van der Waals surface area contributed by atoms with Gasteiger partial charge in [-0.1, -0.05) is 50.8 Å². The van der Waals surface area contributed by atoms with Gasteiger partial charge in [0.25, 0.3) is 5.91 Å². The summed E-state index contributed by atoms with van der Waals surface area (Å²) in [6, 6.07) is 0. The van der Waals surface area contributed by atoms with Gasteiger partial charge in [0.1, 0.15) is 0 Å². The van der Waals surface area contributed by atoms with Crippen molar-refractivity contribution in [1.82, 2.24) is 10.4 Å². The number of rotatable bonds is 9. The molecule has 1 N–H and O–H groups in total. The molecule has 19 heavy (non-hydrogen) atoms. The fraction of sp³-hybridized carbons (Fsp3) is 0.688. The zero-order chi connectivity index (χ0) is 13.8. The summed E-state index contributed by atoms with van der Waals surface area (Å²) in [7, 11) is 0. The molecular weight excluding hydrogens is 236 g/mol. The Morgan fingerprint density at radius 2 is 1.84 bits per heavy atom. The minimum absolute atomic E-state index is 0.0190. The van der Waals surface area contributed by atoms with Gasteiger partial charge < -0.3 is 0 Å². The maximum absolute atomic E-state index is 11.5. The Hall–Kier alpha value is -1.09. The summed E-state index contributed by atoms with van der Waals surface area (Å²) in [6.45, 7) is 4.19. The maximum Gasteiger partial charge on any atom is 0.258 e. The van der Waals surface area contributed by atoms with Crippen LogP contribution in [0.15, 0.2) is 24.3 Å². The Kier molecular flexibility index (Phi) is 9.07. The predicted octanol–water partition coefficient (Wildman–Crippen LogP) is 3.59. The van der Waals surface area contributed by atoms with Crippen molar-refractivity contribution in [2.24, 2.45) is 0 Å². The minimum Gasteiger partial charge on any atom is -0.285 e. The molecule has 0 saturated carbocycles. The first-order valence-electron chi connectivity index (χ1n) is 7.71. The van der Waals surface area contributed by atoms with Gasteiger partial charge in [-0.25, -0.2) is 5.01 Å². The molecule has 0 aromatic heterocycles. The van der Waals surface area contributed by atoms with Crippen molar-refractivity contribution in [2.45, 2.75) is 58.3 Å². The summed E-state index contributed by atoms with van der Waals surface area (Å²) >= 11 is 0. The monoisotopic (exact) mass is 264 g/mol. The highest BCUT2D eigenvalue weighted by molar-refractivity contribution is 5.87. The lowest BCUT2D eigenvalue weighted by Crippen LogP contribution is -2.38. The van der Waals surface area contributed by atoms with E-state index in [-0.39, 0.29) is 5.91 Å². The molecule has 0 spiro atoms. The second kappa shape index (κ2) is 10.8. The van der Waals surface area contributed by atoms with Crippen LogP contribution in [-0.4, -0.2) is 24.0 Å². The smallest absolute Gasteiger partial charge is 0.258 e. The molecule has 0 bridgehead atoms. The molecule has 0 atom stereocenters. The van der Waals surface area contributed by atoms with Crippen molar-refractivity contribution in [2.75, 3.05) is 13.1 Å². The number of carbonyl (C=O) groups is 1. The number of nitrogens with one attached hydrogen (secondary N) is 1. The Morgan fingerprint density at radius 1 is 1.11 bits per heavy atom. The van der Waals surface area contributed by atoms with Crippen LogP contribution >= 0.6 is 0 Å². The topological polar surface area (TPSA) is 32.3 Å². The number of hydrazine groups is 1. The van der Waals surface area contributed by atoms with Crippen LogP contribution < -0.4 is 5.43 Å². The quantitative estimate of drug-likeness (QED) is 0.392. The molecule has 108 valence electrons. The average Bonchev–Trinajstić information content (AvgIpc) is 2.89. The summed E-state index contributed by atoms with van der Waals surface area (Å²) in [5, 5.41) is 1.99. The largest absolute Gasteiger partial charge is 0.285 e. The van der Waals surface area contributed by atoms with Gasteiger partial charge in [0.2, 0.25) is 0 Å². The van der Waals surface area contributed by atoms with Crippen molar-refractivity contribution < 1.29 is 4.79 Å². The van der Waals surface area contributed by atoms with Gasteiger partial charge in [-0.2, -0.15) is 0 Å². The maximum atomic E-state index is 11.5. The lowest BCUT2D eigenvalue weighted by atomic mass is 10.1. The van der Waals surface area contributed by atoms with Crippen LogP contribution in [0.3, 0.4) is 0 Å². The fourth-order valence-electron chi connectivity index (χ4n) is 2.21. The highest BCUT2D eigenvalue weighted by Gasteiger charge is 2.11. The van der Waals surface area contributed by atoms with Crippen molar-refractivity contribution in [3.05, 3.63) is 24.3 Å². The summed E-state index contributed by atoms with van der Waals surface area (Å²) in [4.78, 5) is 11.5. The molecule has 1 aliphatic heterocycles. The first kappa shape index (κ1) is 16.0. The van der Waals surface area contributed by atoms with Crippen LogP contribution in [0.2, 0.25) is 0 Å². The molecule has 0 aromatic rings. The lowest BCUT2D eigenvalue weighted by molar-refractivity contribution is -0.120. The second-order valence-corrected chi connectivity index (χ2v) is 5.16. The van der Waals surface area contributed by atoms with E-state index >= 15 is 0 Å². The molecule has 1 saturated heterocycles. The Morgan fingerprint density at radius 3 is 2.58 bits per heavy atom. The van der Waals surface area contributed by atoms with E-state index in [1.807, 2.05) is 17.2 Å². The number of hydrogen-bond donors (Lipinski definition) is 1. The van der Waals surface area contributed by atoms with Gasteiger partial charge in [0.15, 0.2) is 0 Å². The molecule has 1 amide bonds. The second-order valence-electron chi connectivity index (χ2n) is 5.16. The number of allylic oxidation sites excluding steroid dienone is 3. The molecule has 1 aliphatic rings. The molecule has 1 heterocycles. The van der Waals surface area contributed by atoms with E-state index in [1.54, 1.807) is 6.08 Å². The van der Waals surface area contributed by atoms with E-state index in [4.69, 9.17) is 0 Å². The van der Waals surface area contributed by atoms with E-state index in [2.05, 4.69) is 18.4 Å². The molecule has 1 fully saturated rings. The van der Waals surface area contributed by atoms with E-state index in [0.717, 1.165) is 19.5 Å². The summed E-state index contributed by atoms with van der Waals surface area (Å²) in [5.74, 6) is -0.0190. The Balaban J connectivity index is 2.00. The Labute approximate surface area is 117 Å². The van der Waals surface area contributed by atoms with E-state index in [9.17, 15) is 4.79 Å². The molecular formula is C16H28N2O. The van der Waals surface area contributed by atoms with Crippen LogP contribution in [0.5, 0.6) is 0 Å². The number of carbonyl (C=O) groups excluding carboxylic acids is 1. The molecule has 0 radical (unpaired) electrons. The predicted molar refractivity (Wildman–Crippen MR) is 80.6 cm³/mol. The van der Waals surface area contributed by atoms with Gasteiger partial charge in [-0.15, -0.1) is 0 Å². The Bertz CT molecular complexity index is 291. The van der Waals surface area contributed by atoms with E-state index < -0.39 is 0 Å². The van der Waals surface area contributed by atoms with Gasteiger partial charge in [0, 0.05) is 19.2 Å². The number of hydrogen-bond acceptors (Lipinski definition) is 2. The van der Waals surface area contributed by atoms with Crippen molar-refractivity contribution in [1.29, 1.82) is 0 Å². The first-order valence-corrected chi connectivity index (χ1v) is 7.71. The van der Waals surface area contributed by atoms with Crippen LogP contribution in [-0.2, 0) is 4.79 Å². The van der Waals surface area contributed by atoms with Crippen LogP contribution in [0, 0.1) is 0 Å². The third kappa shape index (κ3) is 8.60. The third-order valence-electron chi connectivity index (χ3n) is 3.34. The van der Waals surface area contributed by atoms with Gasteiger partial charge >= 0.3 is 0 Å². The molecule has 0 aliphatic carbocycles. The number of unbranched alkanes of at least 4 members (excludes halogenated alkanes) is 5. The molecule has 3 heteroatoms. The van der Waals surface area contributed by atoms with Crippen molar-refractivity contribution >= 4 is 5.91 Å². The summed E-state index contributed by atoms with van der Waals surface area (Å²) in [5.41, 5.74) is 2.88. The molecule has 3 nitrogen and oxygen atoms in total. The van der Waals surface area contributed by atoms with Gasteiger partial charge in [-0.3, -0.25) is 10.2 Å². The highest BCUT2D eigenvalue weighted by atomic mass is 16.2. The number of amides is 1. The van der Waals surface area contributed by atoms with Crippen molar-refractivity contribution in [3.8, 4) is 0 Å². The normalized spacial score (nSPS) is 16.7. The summed E-state index contributed by atoms with van der Waals surface area (Å²) in [6.07, 6.45) is 17.6. The zero-order valence-electron chi connectivity index (χ0n) is 12.2. The lowest BCUT2D eigenvalue weighted by Gasteiger charge is -2.14. The molecule has 1 rings (SSSR count). The third-order valence-corrected chi connectivity index (χ3v) is 3.34. The van der Waals surface area contributed by atoms with Crippen LogP contribution in [0.4, 0.5) is 0 Å². The van der Waals surface area contributed by atoms with Gasteiger partial charge in [-0.05, 0) is 25.7 Å². The van der Waals surface area contributed by atoms with Crippen LogP contribution in [0.25, 0.3) is 0 Å². The molecule has 0 aromatic carbocycles. The average molecular weight is 264 g/mol. The first-order chi connectivity index (χ1) is 9.33. The zero-order valence-corrected chi connectivity index (χ0v) is 12.2. The highest BCUT2D eigenvalue weighted by Crippen LogP contribution is 2.05. The SMILES string of the molecule is CCCCCCCC=CC=CC(=O)NN1CCCC1. The molecule has 0 unspecified atom stereocenters. The van der Waals surface area contributed by atoms with Crippen molar-refractivity contribution in [3.63, 3.8) is 0 Å². The fourth-order valence-corrected chi connectivity index (χ4v) is 2.21. The standard InChI is InChI=1S/C16H28N2O/c1-2-3-4-5-6-7-8-9-10-13-16(19)17-18-14-11-12-15-18/h8-10,13H,2-7,11-12,14-15H2,1H3,(H,17,19).